The van der Waals surface area contributed by atoms with Crippen LogP contribution in [0.2, 0.25) is 0 Å². The smallest absolute Gasteiger partial charge is 0.140 e. The van der Waals surface area contributed by atoms with E-state index in [2.05, 4.69) is 10.3 Å². The van der Waals surface area contributed by atoms with E-state index in [0.717, 1.165) is 23.2 Å². The van der Waals surface area contributed by atoms with Crippen molar-refractivity contribution in [3.63, 3.8) is 0 Å². The van der Waals surface area contributed by atoms with Crippen molar-refractivity contribution in [3.8, 4) is 5.75 Å². The van der Waals surface area contributed by atoms with Gasteiger partial charge in [0, 0.05) is 18.0 Å². The Kier molecular flexibility index (Phi) is 4.65. The molecule has 1 aromatic carbocycles. The summed E-state index contributed by atoms with van der Waals surface area (Å²) in [5.74, 6) is 0.531. The van der Waals surface area contributed by atoms with E-state index in [-0.39, 0.29) is 11.9 Å². The van der Waals surface area contributed by atoms with E-state index in [1.807, 2.05) is 37.4 Å². The summed E-state index contributed by atoms with van der Waals surface area (Å²) in [6, 6.07) is 11.1. The molecule has 3 aromatic rings. The summed E-state index contributed by atoms with van der Waals surface area (Å²) < 4.78 is 20.1. The maximum Gasteiger partial charge on any atom is 0.140 e. The van der Waals surface area contributed by atoms with Gasteiger partial charge in [0.15, 0.2) is 0 Å². The lowest BCUT2D eigenvalue weighted by atomic mass is 10.1. The number of nitrogens with zero attached hydrogens (tertiary/aromatic N) is 1. The average molecular weight is 316 g/mol. The van der Waals surface area contributed by atoms with Crippen molar-refractivity contribution in [2.75, 3.05) is 13.6 Å². The molecule has 0 bridgehead atoms. The summed E-state index contributed by atoms with van der Waals surface area (Å²) in [6.45, 7) is 0.755. The highest BCUT2D eigenvalue weighted by Crippen LogP contribution is 2.33. The molecule has 0 aliphatic carbocycles. The second kappa shape index (κ2) is 6.85. The molecule has 0 spiro atoms. The van der Waals surface area contributed by atoms with Gasteiger partial charge in [-0.15, -0.1) is 11.3 Å². The zero-order valence-electron chi connectivity index (χ0n) is 12.3. The van der Waals surface area contributed by atoms with Crippen LogP contribution in [0.1, 0.15) is 17.4 Å². The number of ether oxygens (including phenoxy) is 1. The van der Waals surface area contributed by atoms with Gasteiger partial charge in [0.25, 0.3) is 0 Å². The fourth-order valence-corrected chi connectivity index (χ4v) is 3.22. The molecule has 22 heavy (non-hydrogen) atoms. The van der Waals surface area contributed by atoms with Gasteiger partial charge in [-0.3, -0.25) is 4.98 Å². The first-order chi connectivity index (χ1) is 10.8. The highest BCUT2D eigenvalue weighted by atomic mass is 32.1. The van der Waals surface area contributed by atoms with Crippen molar-refractivity contribution in [1.82, 2.24) is 10.3 Å². The van der Waals surface area contributed by atoms with Gasteiger partial charge < -0.3 is 10.1 Å². The van der Waals surface area contributed by atoms with E-state index in [4.69, 9.17) is 4.74 Å². The average Bonchev–Trinajstić information content (AvgIpc) is 2.97. The zero-order valence-corrected chi connectivity index (χ0v) is 13.1. The summed E-state index contributed by atoms with van der Waals surface area (Å²) in [5, 5.41) is 5.79. The van der Waals surface area contributed by atoms with Gasteiger partial charge in [-0.25, -0.2) is 4.39 Å². The molecule has 0 saturated heterocycles. The molecule has 1 N–H and O–H groups in total. The van der Waals surface area contributed by atoms with Crippen molar-refractivity contribution < 1.29 is 9.13 Å². The van der Waals surface area contributed by atoms with Crippen LogP contribution in [-0.4, -0.2) is 18.6 Å². The van der Waals surface area contributed by atoms with Crippen molar-refractivity contribution in [1.29, 1.82) is 0 Å². The van der Waals surface area contributed by atoms with Crippen LogP contribution < -0.4 is 10.1 Å². The second-order valence-corrected chi connectivity index (χ2v) is 5.91. The molecule has 0 fully saturated rings. The van der Waals surface area contributed by atoms with E-state index in [1.54, 1.807) is 11.6 Å². The van der Waals surface area contributed by atoms with Crippen LogP contribution in [0.15, 0.2) is 48.0 Å². The fourth-order valence-electron chi connectivity index (χ4n) is 2.39. The molecule has 0 amide bonds. The monoisotopic (exact) mass is 316 g/mol. The highest BCUT2D eigenvalue weighted by Gasteiger charge is 2.19. The van der Waals surface area contributed by atoms with Gasteiger partial charge >= 0.3 is 0 Å². The highest BCUT2D eigenvalue weighted by molar-refractivity contribution is 7.10. The lowest BCUT2D eigenvalue weighted by molar-refractivity contribution is 0.197. The predicted octanol–water partition coefficient (Wildman–Crippen LogP) is 4.17. The van der Waals surface area contributed by atoms with Gasteiger partial charge in [-0.1, -0.05) is 6.07 Å². The van der Waals surface area contributed by atoms with Gasteiger partial charge in [-0.2, -0.15) is 0 Å². The number of benzene rings is 1. The summed E-state index contributed by atoms with van der Waals surface area (Å²) >= 11 is 1.39. The first-order valence-electron chi connectivity index (χ1n) is 7.17. The lowest BCUT2D eigenvalue weighted by Gasteiger charge is -2.19. The van der Waals surface area contributed by atoms with Gasteiger partial charge in [0.2, 0.25) is 0 Å². The van der Waals surface area contributed by atoms with Crippen LogP contribution in [0.5, 0.6) is 5.75 Å². The van der Waals surface area contributed by atoms with Gasteiger partial charge in [0.1, 0.15) is 17.7 Å². The Morgan fingerprint density at radius 3 is 2.95 bits per heavy atom. The minimum Gasteiger partial charge on any atom is -0.484 e. The van der Waals surface area contributed by atoms with Crippen molar-refractivity contribution in [2.24, 2.45) is 0 Å². The quantitative estimate of drug-likeness (QED) is 0.741. The number of rotatable bonds is 6. The maximum absolute atomic E-state index is 13.9. The minimum atomic E-state index is -0.307. The Labute approximate surface area is 132 Å². The van der Waals surface area contributed by atoms with Gasteiger partial charge in [-0.05, 0) is 49.3 Å². The molecule has 0 aliphatic rings. The number of halogens is 1. The molecule has 0 saturated carbocycles. The summed E-state index contributed by atoms with van der Waals surface area (Å²) in [7, 11) is 1.88. The van der Waals surface area contributed by atoms with E-state index in [9.17, 15) is 4.39 Å². The SMILES string of the molecule is CNCCC(Oc1cccc2ncccc12)c1sccc1F. The van der Waals surface area contributed by atoms with Crippen LogP contribution in [0.25, 0.3) is 10.9 Å². The normalized spacial score (nSPS) is 12.5. The van der Waals surface area contributed by atoms with E-state index >= 15 is 0 Å². The fraction of sp³-hybridized carbons (Fsp3) is 0.235. The largest absolute Gasteiger partial charge is 0.484 e. The Balaban J connectivity index is 1.93. The number of aromatic nitrogens is 1. The number of pyridine rings is 1. The molecule has 3 rings (SSSR count). The van der Waals surface area contributed by atoms with Crippen molar-refractivity contribution in [2.45, 2.75) is 12.5 Å². The van der Waals surface area contributed by atoms with Crippen LogP contribution in [-0.2, 0) is 0 Å². The molecule has 114 valence electrons. The zero-order chi connectivity index (χ0) is 15.4. The van der Waals surface area contributed by atoms with E-state index in [0.29, 0.717) is 11.3 Å². The van der Waals surface area contributed by atoms with Crippen molar-refractivity contribution >= 4 is 22.2 Å². The topological polar surface area (TPSA) is 34.1 Å². The molecule has 3 nitrogen and oxygen atoms in total. The number of hydrogen-bond acceptors (Lipinski definition) is 4. The van der Waals surface area contributed by atoms with Crippen LogP contribution in [0.4, 0.5) is 4.39 Å². The lowest BCUT2D eigenvalue weighted by Crippen LogP contribution is -2.16. The Hall–Kier alpha value is -1.98. The summed E-state index contributed by atoms with van der Waals surface area (Å²) in [5.41, 5.74) is 0.874. The van der Waals surface area contributed by atoms with E-state index in [1.165, 1.54) is 17.4 Å². The second-order valence-electron chi connectivity index (χ2n) is 4.96. The third-order valence-electron chi connectivity index (χ3n) is 3.47. The molecular weight excluding hydrogens is 299 g/mol. The predicted molar refractivity (Wildman–Crippen MR) is 87.9 cm³/mol. The molecular formula is C17H17FN2OS. The summed E-state index contributed by atoms with van der Waals surface area (Å²) in [4.78, 5) is 4.96. The summed E-state index contributed by atoms with van der Waals surface area (Å²) in [6.07, 6.45) is 2.15. The molecule has 2 heterocycles. The third kappa shape index (κ3) is 3.10. The maximum atomic E-state index is 13.9. The number of nitrogens with one attached hydrogen (secondary N) is 1. The molecule has 0 aliphatic heterocycles. The standard InChI is InChI=1S/C17H17FN2OS/c1-19-10-7-16(17-13(18)8-11-22-17)21-15-6-2-5-14-12(15)4-3-9-20-14/h2-6,8-9,11,16,19H,7,10H2,1H3. The Morgan fingerprint density at radius 1 is 1.27 bits per heavy atom. The molecule has 0 radical (unpaired) electrons. The van der Waals surface area contributed by atoms with Gasteiger partial charge in [0.05, 0.1) is 10.4 Å². The van der Waals surface area contributed by atoms with Crippen LogP contribution in [0.3, 0.4) is 0 Å². The Morgan fingerprint density at radius 2 is 2.18 bits per heavy atom. The van der Waals surface area contributed by atoms with Crippen LogP contribution >= 0.6 is 11.3 Å². The molecule has 1 atom stereocenters. The third-order valence-corrected chi connectivity index (χ3v) is 4.45. The van der Waals surface area contributed by atoms with Crippen molar-refractivity contribution in [3.05, 3.63) is 58.7 Å². The number of hydrogen-bond donors (Lipinski definition) is 1. The molecule has 2 aromatic heterocycles. The van der Waals surface area contributed by atoms with Crippen LogP contribution in [0, 0.1) is 5.82 Å². The molecule has 1 unspecified atom stereocenters. The Bertz CT molecular complexity index is 754. The van der Waals surface area contributed by atoms with E-state index < -0.39 is 0 Å². The minimum absolute atomic E-state index is 0.204. The first kappa shape index (κ1) is 14.9. The number of fused-ring (bicyclic) bond motifs is 1. The first-order valence-corrected chi connectivity index (χ1v) is 8.05. The molecule has 5 heteroatoms. The number of thiophene rings is 1.